The van der Waals surface area contributed by atoms with Crippen LogP contribution in [0.25, 0.3) is 0 Å². The molecule has 0 aliphatic carbocycles. The van der Waals surface area contributed by atoms with Crippen LogP contribution in [0, 0.1) is 0 Å². The van der Waals surface area contributed by atoms with Crippen LogP contribution in [0.1, 0.15) is 31.9 Å². The van der Waals surface area contributed by atoms with Gasteiger partial charge in [-0.3, -0.25) is 9.10 Å². The quantitative estimate of drug-likeness (QED) is 0.606. The number of nitrogens with zero attached hydrogens (tertiary/aromatic N) is 1. The largest absolute Gasteiger partial charge is 0.497 e. The van der Waals surface area contributed by atoms with Gasteiger partial charge in [-0.25, -0.2) is 16.8 Å². The summed E-state index contributed by atoms with van der Waals surface area (Å²) >= 11 is 0. The van der Waals surface area contributed by atoms with Gasteiger partial charge in [-0.05, 0) is 43.2 Å². The van der Waals surface area contributed by atoms with Crippen molar-refractivity contribution in [1.82, 2.24) is 5.32 Å². The molecule has 0 unspecified atom stereocenters. The van der Waals surface area contributed by atoms with Crippen molar-refractivity contribution in [2.75, 3.05) is 23.9 Å². The lowest BCUT2D eigenvalue weighted by Crippen LogP contribution is -2.49. The zero-order chi connectivity index (χ0) is 23.4. The minimum Gasteiger partial charge on any atom is -0.497 e. The fourth-order valence-corrected chi connectivity index (χ4v) is 5.04. The van der Waals surface area contributed by atoms with Crippen LogP contribution in [-0.2, 0) is 24.7 Å². The Labute approximate surface area is 184 Å². The number of sulfone groups is 1. The van der Waals surface area contributed by atoms with Crippen molar-refractivity contribution in [2.24, 2.45) is 0 Å². The second-order valence-electron chi connectivity index (χ2n) is 7.26. The van der Waals surface area contributed by atoms with E-state index in [1.807, 2.05) is 0 Å². The first-order valence-corrected chi connectivity index (χ1v) is 13.4. The topological polar surface area (TPSA) is 110 Å². The number of carbonyl (C=O) groups excluding carboxylic acids is 1. The van der Waals surface area contributed by atoms with Gasteiger partial charge in [0.25, 0.3) is 0 Å². The molecule has 0 fully saturated rings. The molecule has 2 atom stereocenters. The van der Waals surface area contributed by atoms with E-state index in [-0.39, 0.29) is 11.3 Å². The van der Waals surface area contributed by atoms with Gasteiger partial charge in [0, 0.05) is 12.3 Å². The fourth-order valence-electron chi connectivity index (χ4n) is 3.20. The van der Waals surface area contributed by atoms with Gasteiger partial charge in [-0.1, -0.05) is 25.1 Å². The Hall–Kier alpha value is -2.59. The van der Waals surface area contributed by atoms with Gasteiger partial charge in [0.2, 0.25) is 15.9 Å². The average molecular weight is 469 g/mol. The van der Waals surface area contributed by atoms with Crippen LogP contribution < -0.4 is 14.4 Å². The Morgan fingerprint density at radius 3 is 2.16 bits per heavy atom. The second-order valence-corrected chi connectivity index (χ2v) is 11.1. The summed E-state index contributed by atoms with van der Waals surface area (Å²) in [4.78, 5) is 13.2. The molecule has 2 aromatic rings. The Kier molecular flexibility index (Phi) is 7.72. The number of rotatable bonds is 9. The van der Waals surface area contributed by atoms with Gasteiger partial charge in [0.15, 0.2) is 9.84 Å². The van der Waals surface area contributed by atoms with E-state index in [2.05, 4.69) is 5.32 Å². The first-order chi connectivity index (χ1) is 14.4. The van der Waals surface area contributed by atoms with Crippen molar-refractivity contribution < 1.29 is 26.4 Å². The third-order valence-corrected chi connectivity index (χ3v) is 7.11. The number of carbonyl (C=O) groups is 1. The van der Waals surface area contributed by atoms with E-state index in [1.54, 1.807) is 50.2 Å². The van der Waals surface area contributed by atoms with Crippen molar-refractivity contribution in [1.29, 1.82) is 0 Å². The maximum atomic E-state index is 13.1. The molecule has 0 saturated heterocycles. The zero-order valence-electron chi connectivity index (χ0n) is 18.2. The van der Waals surface area contributed by atoms with Crippen molar-refractivity contribution in [3.63, 3.8) is 0 Å². The van der Waals surface area contributed by atoms with Crippen molar-refractivity contribution in [2.45, 2.75) is 37.2 Å². The molecular weight excluding hydrogens is 440 g/mol. The minimum absolute atomic E-state index is 0.183. The molecule has 10 heteroatoms. The predicted octanol–water partition coefficient (Wildman–Crippen LogP) is 2.52. The summed E-state index contributed by atoms with van der Waals surface area (Å²) in [6, 6.07) is 11.3. The molecule has 170 valence electrons. The number of sulfonamides is 1. The Morgan fingerprint density at radius 1 is 1.06 bits per heavy atom. The molecule has 0 radical (unpaired) electrons. The lowest BCUT2D eigenvalue weighted by Gasteiger charge is -2.31. The van der Waals surface area contributed by atoms with E-state index in [0.29, 0.717) is 17.0 Å². The minimum atomic E-state index is -3.77. The van der Waals surface area contributed by atoms with Gasteiger partial charge in [-0.15, -0.1) is 0 Å². The van der Waals surface area contributed by atoms with Crippen molar-refractivity contribution >= 4 is 31.5 Å². The highest BCUT2D eigenvalue weighted by molar-refractivity contribution is 7.92. The van der Waals surface area contributed by atoms with Gasteiger partial charge in [0.05, 0.1) is 30.0 Å². The van der Waals surface area contributed by atoms with Crippen molar-refractivity contribution in [3.05, 3.63) is 54.1 Å². The van der Waals surface area contributed by atoms with Crippen LogP contribution in [0.15, 0.2) is 53.4 Å². The highest BCUT2D eigenvalue weighted by Crippen LogP contribution is 2.27. The van der Waals surface area contributed by atoms with Gasteiger partial charge >= 0.3 is 0 Å². The molecule has 0 aliphatic rings. The van der Waals surface area contributed by atoms with Crippen LogP contribution in [0.4, 0.5) is 5.69 Å². The average Bonchev–Trinajstić information content (AvgIpc) is 2.70. The molecule has 1 amide bonds. The molecule has 0 spiro atoms. The molecule has 1 N–H and O–H groups in total. The van der Waals surface area contributed by atoms with E-state index in [1.165, 1.54) is 19.2 Å². The number of anilines is 1. The molecule has 0 bridgehead atoms. The standard InChI is InChI=1S/C21H28N2O6S2/c1-6-20(23(31(5,27)28)17-8-7-9-18(14-17)29-3)21(24)22-15(2)16-10-12-19(13-11-16)30(4,25)26/h7-15,20H,6H2,1-5H3,(H,22,24)/t15-,20-/m1/s1. The summed E-state index contributed by atoms with van der Waals surface area (Å²) in [6.07, 6.45) is 2.42. The molecule has 0 aliphatic heterocycles. The van der Waals surface area contributed by atoms with Gasteiger partial charge in [0.1, 0.15) is 11.8 Å². The molecule has 0 saturated carbocycles. The fraction of sp³-hybridized carbons (Fsp3) is 0.381. The molecule has 2 rings (SSSR count). The SMILES string of the molecule is CC[C@H](C(=O)N[C@H](C)c1ccc(S(C)(=O)=O)cc1)N(c1cccc(OC)c1)S(C)(=O)=O. The number of nitrogens with one attached hydrogen (secondary N) is 1. The van der Waals surface area contributed by atoms with Crippen LogP contribution in [0.2, 0.25) is 0 Å². The number of hydrogen-bond acceptors (Lipinski definition) is 6. The lowest BCUT2D eigenvalue weighted by atomic mass is 10.1. The van der Waals surface area contributed by atoms with Gasteiger partial charge < -0.3 is 10.1 Å². The van der Waals surface area contributed by atoms with Crippen LogP contribution in [0.3, 0.4) is 0 Å². The monoisotopic (exact) mass is 468 g/mol. The van der Waals surface area contributed by atoms with Crippen molar-refractivity contribution in [3.8, 4) is 5.75 Å². The lowest BCUT2D eigenvalue weighted by molar-refractivity contribution is -0.122. The van der Waals surface area contributed by atoms with E-state index in [9.17, 15) is 21.6 Å². The second kappa shape index (κ2) is 9.69. The van der Waals surface area contributed by atoms with E-state index < -0.39 is 37.9 Å². The molecule has 0 aromatic heterocycles. The van der Waals surface area contributed by atoms with Crippen LogP contribution in [0.5, 0.6) is 5.75 Å². The zero-order valence-corrected chi connectivity index (χ0v) is 19.8. The number of amides is 1. The number of methoxy groups -OCH3 is 1. The van der Waals surface area contributed by atoms with E-state index >= 15 is 0 Å². The highest BCUT2D eigenvalue weighted by atomic mass is 32.2. The summed E-state index contributed by atoms with van der Waals surface area (Å²) in [5, 5.41) is 2.83. The van der Waals surface area contributed by atoms with Crippen LogP contribution >= 0.6 is 0 Å². The first kappa shape index (κ1) is 24.7. The third kappa shape index (κ3) is 6.20. The summed E-state index contributed by atoms with van der Waals surface area (Å²) in [6.45, 7) is 3.48. The molecule has 8 nitrogen and oxygen atoms in total. The number of hydrogen-bond donors (Lipinski definition) is 1. The summed E-state index contributed by atoms with van der Waals surface area (Å²) in [5.41, 5.74) is 1.02. The smallest absolute Gasteiger partial charge is 0.244 e. The summed E-state index contributed by atoms with van der Waals surface area (Å²) in [7, 11) is -5.62. The maximum Gasteiger partial charge on any atom is 0.244 e. The third-order valence-electron chi connectivity index (χ3n) is 4.80. The Bertz CT molecular complexity index is 1130. The van der Waals surface area contributed by atoms with E-state index in [0.717, 1.165) is 16.8 Å². The highest BCUT2D eigenvalue weighted by Gasteiger charge is 2.32. The maximum absolute atomic E-state index is 13.1. The van der Waals surface area contributed by atoms with Crippen LogP contribution in [-0.4, -0.2) is 48.4 Å². The molecule has 31 heavy (non-hydrogen) atoms. The normalized spacial score (nSPS) is 13.8. The summed E-state index contributed by atoms with van der Waals surface area (Å²) in [5.74, 6) is 0.0104. The molecule has 2 aromatic carbocycles. The summed E-state index contributed by atoms with van der Waals surface area (Å²) < 4.78 is 54.7. The Morgan fingerprint density at radius 2 is 1.68 bits per heavy atom. The molecule has 0 heterocycles. The predicted molar refractivity (Wildman–Crippen MR) is 121 cm³/mol. The number of ether oxygens (including phenoxy) is 1. The van der Waals surface area contributed by atoms with E-state index in [4.69, 9.17) is 4.74 Å². The first-order valence-electron chi connectivity index (χ1n) is 9.62. The van der Waals surface area contributed by atoms with Gasteiger partial charge in [-0.2, -0.15) is 0 Å². The number of benzene rings is 2. The molecular formula is C21H28N2O6S2. The Balaban J connectivity index is 2.31.